The van der Waals surface area contributed by atoms with Crippen LogP contribution in [0.3, 0.4) is 0 Å². The number of benzene rings is 1. The summed E-state index contributed by atoms with van der Waals surface area (Å²) >= 11 is 0. The number of nitrogens with one attached hydrogen (secondary N) is 1. The van der Waals surface area contributed by atoms with Crippen LogP contribution >= 0.6 is 0 Å². The SMILES string of the molecule is C=CC(=O)OCCNC(=O)Oc1ccc(C=O)cc1. The van der Waals surface area contributed by atoms with Crippen LogP contribution in [0.4, 0.5) is 4.79 Å². The van der Waals surface area contributed by atoms with E-state index in [1.807, 2.05) is 0 Å². The van der Waals surface area contributed by atoms with Crippen molar-refractivity contribution in [2.45, 2.75) is 0 Å². The van der Waals surface area contributed by atoms with Crippen molar-refractivity contribution >= 4 is 18.3 Å². The molecule has 0 aliphatic rings. The van der Waals surface area contributed by atoms with E-state index >= 15 is 0 Å². The number of rotatable bonds is 6. The molecule has 1 N–H and O–H groups in total. The van der Waals surface area contributed by atoms with Crippen molar-refractivity contribution in [3.63, 3.8) is 0 Å². The Morgan fingerprint density at radius 3 is 2.53 bits per heavy atom. The number of aldehydes is 1. The Labute approximate surface area is 110 Å². The molecule has 1 rings (SSSR count). The lowest BCUT2D eigenvalue weighted by Gasteiger charge is -2.06. The lowest BCUT2D eigenvalue weighted by atomic mass is 10.2. The van der Waals surface area contributed by atoms with Crippen LogP contribution in [0.15, 0.2) is 36.9 Å². The van der Waals surface area contributed by atoms with Crippen LogP contribution in [-0.4, -0.2) is 31.5 Å². The predicted molar refractivity (Wildman–Crippen MR) is 67.0 cm³/mol. The second-order valence-corrected chi connectivity index (χ2v) is 3.37. The first-order valence-corrected chi connectivity index (χ1v) is 5.46. The molecule has 0 aromatic heterocycles. The van der Waals surface area contributed by atoms with Crippen molar-refractivity contribution in [1.82, 2.24) is 5.32 Å². The second-order valence-electron chi connectivity index (χ2n) is 3.37. The summed E-state index contributed by atoms with van der Waals surface area (Å²) in [4.78, 5) is 32.4. The zero-order valence-electron chi connectivity index (χ0n) is 10.1. The molecule has 0 unspecified atom stereocenters. The Morgan fingerprint density at radius 2 is 1.95 bits per heavy atom. The monoisotopic (exact) mass is 263 g/mol. The molecular weight excluding hydrogens is 250 g/mol. The van der Waals surface area contributed by atoms with Crippen LogP contribution in [0.5, 0.6) is 5.75 Å². The fourth-order valence-electron chi connectivity index (χ4n) is 1.12. The zero-order valence-corrected chi connectivity index (χ0v) is 10.1. The molecule has 0 spiro atoms. The van der Waals surface area contributed by atoms with Crippen LogP contribution in [0.25, 0.3) is 0 Å². The first kappa shape index (κ1) is 14.4. The third-order valence-corrected chi connectivity index (χ3v) is 2.01. The summed E-state index contributed by atoms with van der Waals surface area (Å²) in [7, 11) is 0. The minimum atomic E-state index is -0.673. The van der Waals surface area contributed by atoms with E-state index in [1.165, 1.54) is 24.3 Å². The van der Waals surface area contributed by atoms with E-state index in [4.69, 9.17) is 4.74 Å². The average molecular weight is 263 g/mol. The fraction of sp³-hybridized carbons (Fsp3) is 0.154. The van der Waals surface area contributed by atoms with Gasteiger partial charge in [-0.05, 0) is 24.3 Å². The van der Waals surface area contributed by atoms with Gasteiger partial charge in [0.2, 0.25) is 0 Å². The molecule has 0 aliphatic heterocycles. The fourth-order valence-corrected chi connectivity index (χ4v) is 1.12. The lowest BCUT2D eigenvalue weighted by molar-refractivity contribution is -0.137. The van der Waals surface area contributed by atoms with Crippen LogP contribution in [0.2, 0.25) is 0 Å². The molecule has 0 saturated carbocycles. The highest BCUT2D eigenvalue weighted by Crippen LogP contribution is 2.10. The van der Waals surface area contributed by atoms with Gasteiger partial charge in [0.05, 0.1) is 6.54 Å². The van der Waals surface area contributed by atoms with E-state index in [0.29, 0.717) is 17.6 Å². The molecule has 0 aliphatic carbocycles. The van der Waals surface area contributed by atoms with Crippen molar-refractivity contribution in [2.24, 2.45) is 0 Å². The molecular formula is C13H13NO5. The number of amides is 1. The standard InChI is InChI=1S/C13H13NO5/c1-2-12(16)18-8-7-14-13(17)19-11-5-3-10(9-15)4-6-11/h2-6,9H,1,7-8H2,(H,14,17). The third-order valence-electron chi connectivity index (χ3n) is 2.01. The molecule has 0 bridgehead atoms. The summed E-state index contributed by atoms with van der Waals surface area (Å²) in [5, 5.41) is 2.40. The van der Waals surface area contributed by atoms with E-state index in [9.17, 15) is 14.4 Å². The number of ether oxygens (including phenoxy) is 2. The summed E-state index contributed by atoms with van der Waals surface area (Å²) in [6.07, 6.45) is 1.05. The third kappa shape index (κ3) is 5.49. The van der Waals surface area contributed by atoms with E-state index in [0.717, 1.165) is 6.08 Å². The summed E-state index contributed by atoms with van der Waals surface area (Å²) in [6, 6.07) is 6.06. The van der Waals surface area contributed by atoms with Crippen molar-refractivity contribution in [3.8, 4) is 5.75 Å². The molecule has 6 nitrogen and oxygen atoms in total. The summed E-state index contributed by atoms with van der Waals surface area (Å²) in [6.45, 7) is 3.39. The maximum atomic E-state index is 11.3. The number of carbonyl (C=O) groups excluding carboxylic acids is 3. The Morgan fingerprint density at radius 1 is 1.26 bits per heavy atom. The van der Waals surface area contributed by atoms with E-state index in [2.05, 4.69) is 16.6 Å². The van der Waals surface area contributed by atoms with E-state index in [1.54, 1.807) is 0 Å². The molecule has 0 radical (unpaired) electrons. The van der Waals surface area contributed by atoms with Gasteiger partial charge in [0.1, 0.15) is 18.6 Å². The van der Waals surface area contributed by atoms with E-state index < -0.39 is 12.1 Å². The topological polar surface area (TPSA) is 81.7 Å². The van der Waals surface area contributed by atoms with Crippen molar-refractivity contribution in [1.29, 1.82) is 0 Å². The van der Waals surface area contributed by atoms with Crippen molar-refractivity contribution in [3.05, 3.63) is 42.5 Å². The predicted octanol–water partition coefficient (Wildman–Crippen LogP) is 1.32. The number of hydrogen-bond acceptors (Lipinski definition) is 5. The van der Waals surface area contributed by atoms with Gasteiger partial charge >= 0.3 is 12.1 Å². The number of hydrogen-bond donors (Lipinski definition) is 1. The van der Waals surface area contributed by atoms with Gasteiger partial charge in [-0.1, -0.05) is 6.58 Å². The first-order chi connectivity index (χ1) is 9.15. The van der Waals surface area contributed by atoms with Gasteiger partial charge in [0.15, 0.2) is 0 Å². The normalized spacial score (nSPS) is 9.26. The maximum Gasteiger partial charge on any atom is 0.412 e. The number of carbonyl (C=O) groups is 3. The van der Waals surface area contributed by atoms with Crippen LogP contribution < -0.4 is 10.1 Å². The quantitative estimate of drug-likeness (QED) is 0.362. The smallest absolute Gasteiger partial charge is 0.412 e. The molecule has 1 amide bonds. The summed E-state index contributed by atoms with van der Waals surface area (Å²) < 4.78 is 9.58. The zero-order chi connectivity index (χ0) is 14.1. The van der Waals surface area contributed by atoms with Gasteiger partial charge in [-0.2, -0.15) is 0 Å². The van der Waals surface area contributed by atoms with Crippen LogP contribution in [-0.2, 0) is 9.53 Å². The second kappa shape index (κ2) is 7.65. The Balaban J connectivity index is 2.28. The van der Waals surface area contributed by atoms with Crippen molar-refractivity contribution in [2.75, 3.05) is 13.2 Å². The van der Waals surface area contributed by atoms with Gasteiger partial charge in [0, 0.05) is 11.6 Å². The van der Waals surface area contributed by atoms with Crippen LogP contribution in [0, 0.1) is 0 Å². The first-order valence-electron chi connectivity index (χ1n) is 5.46. The van der Waals surface area contributed by atoms with Gasteiger partial charge in [-0.3, -0.25) is 4.79 Å². The maximum absolute atomic E-state index is 11.3. The Bertz CT molecular complexity index is 466. The largest absolute Gasteiger partial charge is 0.461 e. The summed E-state index contributed by atoms with van der Waals surface area (Å²) in [5.41, 5.74) is 0.490. The summed E-state index contributed by atoms with van der Waals surface area (Å²) in [5.74, 6) is -0.245. The molecule has 100 valence electrons. The molecule has 0 atom stereocenters. The highest BCUT2D eigenvalue weighted by molar-refractivity contribution is 5.81. The molecule has 0 fully saturated rings. The Hall–Kier alpha value is -2.63. The average Bonchev–Trinajstić information content (AvgIpc) is 2.44. The lowest BCUT2D eigenvalue weighted by Crippen LogP contribution is -2.30. The number of esters is 1. The molecule has 0 saturated heterocycles. The molecule has 0 heterocycles. The molecule has 1 aromatic carbocycles. The minimum Gasteiger partial charge on any atom is -0.461 e. The van der Waals surface area contributed by atoms with E-state index in [-0.39, 0.29) is 13.2 Å². The van der Waals surface area contributed by atoms with Gasteiger partial charge in [-0.15, -0.1) is 0 Å². The molecule has 6 heteroatoms. The molecule has 19 heavy (non-hydrogen) atoms. The minimum absolute atomic E-state index is 0.0318. The Kier molecular flexibility index (Phi) is 5.81. The highest BCUT2D eigenvalue weighted by atomic mass is 16.6. The van der Waals surface area contributed by atoms with Gasteiger partial charge < -0.3 is 14.8 Å². The molecule has 1 aromatic rings. The van der Waals surface area contributed by atoms with Gasteiger partial charge in [-0.25, -0.2) is 9.59 Å². The van der Waals surface area contributed by atoms with Crippen molar-refractivity contribution < 1.29 is 23.9 Å². The van der Waals surface area contributed by atoms with Gasteiger partial charge in [0.25, 0.3) is 0 Å². The van der Waals surface area contributed by atoms with Crippen LogP contribution in [0.1, 0.15) is 10.4 Å². The highest BCUT2D eigenvalue weighted by Gasteiger charge is 2.04.